The summed E-state index contributed by atoms with van der Waals surface area (Å²) in [4.78, 5) is 32.9. The molecular formula is C21H21FN4O3S. The summed E-state index contributed by atoms with van der Waals surface area (Å²) >= 11 is 1.32. The molecule has 9 heteroatoms. The van der Waals surface area contributed by atoms with Crippen molar-refractivity contribution >= 4 is 34.0 Å². The molecule has 0 bridgehead atoms. The van der Waals surface area contributed by atoms with Gasteiger partial charge < -0.3 is 14.2 Å². The summed E-state index contributed by atoms with van der Waals surface area (Å²) < 4.78 is 18.1. The van der Waals surface area contributed by atoms with E-state index in [1.807, 2.05) is 10.3 Å². The van der Waals surface area contributed by atoms with Gasteiger partial charge in [-0.25, -0.2) is 9.37 Å². The molecule has 1 saturated heterocycles. The first-order valence-corrected chi connectivity index (χ1v) is 10.5. The Kier molecular flexibility index (Phi) is 6.08. The first-order chi connectivity index (χ1) is 14.6. The van der Waals surface area contributed by atoms with Crippen LogP contribution in [0.3, 0.4) is 0 Å². The number of thiazole rings is 1. The lowest BCUT2D eigenvalue weighted by atomic mass is 10.2. The van der Waals surface area contributed by atoms with Crippen molar-refractivity contribution in [2.24, 2.45) is 0 Å². The minimum absolute atomic E-state index is 0.0860. The van der Waals surface area contributed by atoms with E-state index >= 15 is 0 Å². The maximum atomic E-state index is 13.1. The number of carbonyl (C=O) groups excluding carboxylic acids is 2. The highest BCUT2D eigenvalue weighted by molar-refractivity contribution is 7.13. The van der Waals surface area contributed by atoms with Crippen LogP contribution in [-0.2, 0) is 11.2 Å². The van der Waals surface area contributed by atoms with Gasteiger partial charge in [0.2, 0.25) is 5.91 Å². The molecule has 7 nitrogen and oxygen atoms in total. The van der Waals surface area contributed by atoms with Crippen molar-refractivity contribution < 1.29 is 18.4 Å². The lowest BCUT2D eigenvalue weighted by molar-refractivity contribution is -0.131. The number of furan rings is 1. The van der Waals surface area contributed by atoms with E-state index in [1.165, 1.54) is 29.7 Å². The molecule has 1 aliphatic heterocycles. The van der Waals surface area contributed by atoms with Gasteiger partial charge in [-0.3, -0.25) is 14.9 Å². The van der Waals surface area contributed by atoms with Crippen LogP contribution < -0.4 is 10.2 Å². The molecule has 0 atom stereocenters. The zero-order chi connectivity index (χ0) is 20.9. The molecule has 0 saturated carbocycles. The first-order valence-electron chi connectivity index (χ1n) is 9.66. The molecule has 2 amide bonds. The number of hydrogen-bond acceptors (Lipinski definition) is 6. The van der Waals surface area contributed by atoms with Gasteiger partial charge in [0, 0.05) is 43.7 Å². The number of anilines is 2. The Balaban J connectivity index is 1.23. The molecule has 0 spiro atoms. The van der Waals surface area contributed by atoms with Crippen molar-refractivity contribution in [2.45, 2.75) is 12.8 Å². The van der Waals surface area contributed by atoms with Crippen LogP contribution >= 0.6 is 11.3 Å². The topological polar surface area (TPSA) is 78.7 Å². The minimum Gasteiger partial charge on any atom is -0.459 e. The molecule has 30 heavy (non-hydrogen) atoms. The molecule has 3 heterocycles. The lowest BCUT2D eigenvalue weighted by Crippen LogP contribution is -2.48. The quantitative estimate of drug-likeness (QED) is 0.651. The minimum atomic E-state index is -0.351. The molecule has 0 radical (unpaired) electrons. The van der Waals surface area contributed by atoms with Crippen LogP contribution in [0, 0.1) is 5.82 Å². The Bertz CT molecular complexity index is 996. The molecule has 1 fully saturated rings. The van der Waals surface area contributed by atoms with Crippen LogP contribution in [0.5, 0.6) is 0 Å². The Morgan fingerprint density at radius 3 is 2.60 bits per heavy atom. The molecular weight excluding hydrogens is 407 g/mol. The maximum absolute atomic E-state index is 13.1. The van der Waals surface area contributed by atoms with Crippen LogP contribution in [0.2, 0.25) is 0 Å². The molecule has 1 N–H and O–H groups in total. The second kappa shape index (κ2) is 9.08. The molecule has 1 aliphatic rings. The fourth-order valence-electron chi connectivity index (χ4n) is 3.30. The number of aromatic nitrogens is 1. The van der Waals surface area contributed by atoms with Gasteiger partial charge in [0.1, 0.15) is 5.82 Å². The van der Waals surface area contributed by atoms with Gasteiger partial charge in [-0.15, -0.1) is 11.3 Å². The van der Waals surface area contributed by atoms with Gasteiger partial charge in [-0.2, -0.15) is 0 Å². The Morgan fingerprint density at radius 1 is 1.13 bits per heavy atom. The summed E-state index contributed by atoms with van der Waals surface area (Å²) in [6.45, 7) is 2.71. The normalized spacial score (nSPS) is 14.0. The van der Waals surface area contributed by atoms with Crippen molar-refractivity contribution in [3.05, 3.63) is 65.3 Å². The van der Waals surface area contributed by atoms with Gasteiger partial charge in [0.25, 0.3) is 5.91 Å². The van der Waals surface area contributed by atoms with Crippen LogP contribution in [0.25, 0.3) is 0 Å². The summed E-state index contributed by atoms with van der Waals surface area (Å²) in [5.74, 6) is -0.293. The number of piperazine rings is 1. The molecule has 0 aliphatic carbocycles. The number of benzene rings is 1. The third-order valence-corrected chi connectivity index (χ3v) is 5.74. The lowest BCUT2D eigenvalue weighted by Gasteiger charge is -2.36. The maximum Gasteiger partial charge on any atom is 0.293 e. The van der Waals surface area contributed by atoms with E-state index in [4.69, 9.17) is 4.42 Å². The number of amides is 2. The Labute approximate surface area is 177 Å². The number of rotatable bonds is 6. The Hall–Kier alpha value is -3.20. The van der Waals surface area contributed by atoms with Crippen molar-refractivity contribution in [1.29, 1.82) is 0 Å². The van der Waals surface area contributed by atoms with Gasteiger partial charge in [-0.1, -0.05) is 0 Å². The monoisotopic (exact) mass is 428 g/mol. The highest BCUT2D eigenvalue weighted by Gasteiger charge is 2.21. The van der Waals surface area contributed by atoms with Crippen LogP contribution in [0.4, 0.5) is 15.2 Å². The summed E-state index contributed by atoms with van der Waals surface area (Å²) in [7, 11) is 0. The standard InChI is InChI=1S/C21H21FN4O3S/c22-15-3-6-17(7-4-15)25-9-11-26(12-10-25)19(27)8-5-16-14-30-21(23-16)24-20(28)18-2-1-13-29-18/h1-4,6-7,13-14H,5,8-12H2,(H,23,24,28). The van der Waals surface area contributed by atoms with E-state index < -0.39 is 0 Å². The van der Waals surface area contributed by atoms with Crippen LogP contribution in [-0.4, -0.2) is 47.9 Å². The molecule has 1 aromatic carbocycles. The molecule has 4 rings (SSSR count). The number of aryl methyl sites for hydroxylation is 1. The van der Waals surface area contributed by atoms with Crippen LogP contribution in [0.1, 0.15) is 22.7 Å². The third-order valence-electron chi connectivity index (χ3n) is 4.94. The second-order valence-corrected chi connectivity index (χ2v) is 7.78. The first kappa shape index (κ1) is 20.1. The predicted octanol–water partition coefficient (Wildman–Crippen LogP) is 3.41. The largest absolute Gasteiger partial charge is 0.459 e. The number of hydrogen-bond donors (Lipinski definition) is 1. The number of halogens is 1. The zero-order valence-corrected chi connectivity index (χ0v) is 17.0. The average molecular weight is 428 g/mol. The number of carbonyl (C=O) groups is 2. The number of nitrogens with one attached hydrogen (secondary N) is 1. The summed E-state index contributed by atoms with van der Waals surface area (Å²) in [6, 6.07) is 9.65. The van der Waals surface area contributed by atoms with Gasteiger partial charge in [0.05, 0.1) is 12.0 Å². The van der Waals surface area contributed by atoms with E-state index in [2.05, 4.69) is 15.2 Å². The van der Waals surface area contributed by atoms with Gasteiger partial charge in [-0.05, 0) is 42.8 Å². The SMILES string of the molecule is O=C(Nc1nc(CCC(=O)N2CCN(c3ccc(F)cc3)CC2)cs1)c1ccco1. The zero-order valence-electron chi connectivity index (χ0n) is 16.2. The molecule has 3 aromatic rings. The van der Waals surface area contributed by atoms with Crippen molar-refractivity contribution in [3.63, 3.8) is 0 Å². The van der Waals surface area contributed by atoms with E-state index in [0.29, 0.717) is 31.1 Å². The van der Waals surface area contributed by atoms with Gasteiger partial charge >= 0.3 is 0 Å². The van der Waals surface area contributed by atoms with Crippen molar-refractivity contribution in [1.82, 2.24) is 9.88 Å². The second-order valence-electron chi connectivity index (χ2n) is 6.92. The predicted molar refractivity (Wildman–Crippen MR) is 112 cm³/mol. The smallest absolute Gasteiger partial charge is 0.293 e. The summed E-state index contributed by atoms with van der Waals surface area (Å²) in [5.41, 5.74) is 1.74. The highest BCUT2D eigenvalue weighted by Crippen LogP contribution is 2.20. The molecule has 156 valence electrons. The van der Waals surface area contributed by atoms with E-state index in [-0.39, 0.29) is 23.4 Å². The average Bonchev–Trinajstić information content (AvgIpc) is 3.45. The molecule has 0 unspecified atom stereocenters. The van der Waals surface area contributed by atoms with Crippen molar-refractivity contribution in [2.75, 3.05) is 36.4 Å². The Morgan fingerprint density at radius 2 is 1.90 bits per heavy atom. The van der Waals surface area contributed by atoms with Crippen LogP contribution in [0.15, 0.2) is 52.5 Å². The highest BCUT2D eigenvalue weighted by atomic mass is 32.1. The van der Waals surface area contributed by atoms with E-state index in [0.717, 1.165) is 24.5 Å². The summed E-state index contributed by atoms with van der Waals surface area (Å²) in [5, 5.41) is 5.01. The number of nitrogens with zero attached hydrogens (tertiary/aromatic N) is 3. The van der Waals surface area contributed by atoms with Crippen molar-refractivity contribution in [3.8, 4) is 0 Å². The van der Waals surface area contributed by atoms with Gasteiger partial charge in [0.15, 0.2) is 10.9 Å². The fraction of sp³-hybridized carbons (Fsp3) is 0.286. The fourth-order valence-corrected chi connectivity index (χ4v) is 4.04. The van der Waals surface area contributed by atoms with E-state index in [1.54, 1.807) is 24.3 Å². The van der Waals surface area contributed by atoms with E-state index in [9.17, 15) is 14.0 Å². The summed E-state index contributed by atoms with van der Waals surface area (Å²) in [6.07, 6.45) is 2.32. The third kappa shape index (κ3) is 4.85. The molecule has 2 aromatic heterocycles.